The fourth-order valence-electron chi connectivity index (χ4n) is 5.08. The van der Waals surface area contributed by atoms with Crippen LogP contribution in [-0.2, 0) is 19.2 Å². The first kappa shape index (κ1) is 43.9. The molecule has 4 unspecified atom stereocenters. The number of carbonyl (C=O) groups excluding carboxylic acids is 4. The average molecular weight is 655 g/mol. The van der Waals surface area contributed by atoms with E-state index < -0.39 is 41.4 Å². The summed E-state index contributed by atoms with van der Waals surface area (Å²) in [6, 6.07) is -2.93. The number of amides is 3. The Kier molecular flexibility index (Phi) is 23.0. The van der Waals surface area contributed by atoms with Gasteiger partial charge in [-0.1, -0.05) is 34.1 Å². The first-order valence-electron chi connectivity index (χ1n) is 17.8. The van der Waals surface area contributed by atoms with Crippen LogP contribution in [0.5, 0.6) is 0 Å². The fraction of sp³-hybridized carbons (Fsp3) is 0.882. The zero-order valence-corrected chi connectivity index (χ0v) is 30.0. The smallest absolute Gasteiger partial charge is 0.243 e. The van der Waals surface area contributed by atoms with E-state index in [1.54, 1.807) is 0 Å². The molecule has 12 heteroatoms. The Balaban J connectivity index is 6.10. The lowest BCUT2D eigenvalue weighted by atomic mass is 9.80. The third kappa shape index (κ3) is 17.7. The Labute approximate surface area is 279 Å². The standard InChI is InChI=1S/C34H70N8O4/c1-7-33(3,4)29(43)25(17-9-13-21-35)39-30(44)26(18-10-14-22-36)40-31(45)27(19-11-15-23-37)41-32(46)28(20-12-16-24-38)42-34(5,6)8-2/h25-28,42H,7-24,35-38H2,1-6H3,(H,39,44)(H,40,45)(H,41,46). The minimum atomic E-state index is -0.889. The Morgan fingerprint density at radius 1 is 0.500 bits per heavy atom. The van der Waals surface area contributed by atoms with Crippen molar-refractivity contribution in [2.24, 2.45) is 28.3 Å². The van der Waals surface area contributed by atoms with Crippen molar-refractivity contribution < 1.29 is 19.2 Å². The molecule has 12 N–H and O–H groups in total. The van der Waals surface area contributed by atoms with E-state index in [-0.39, 0.29) is 17.2 Å². The van der Waals surface area contributed by atoms with Crippen molar-refractivity contribution >= 4 is 23.5 Å². The van der Waals surface area contributed by atoms with Crippen molar-refractivity contribution in [3.05, 3.63) is 0 Å². The SMILES string of the molecule is CCC(C)(C)NC(CCCCN)C(=O)NC(CCCCN)C(=O)NC(CCCCN)C(=O)NC(CCCCN)C(=O)C(C)(C)CC. The molecule has 0 fully saturated rings. The molecule has 4 atom stereocenters. The molecule has 0 spiro atoms. The summed E-state index contributed by atoms with van der Waals surface area (Å²) in [5.74, 6) is -1.15. The quantitative estimate of drug-likeness (QED) is 0.0578. The summed E-state index contributed by atoms with van der Waals surface area (Å²) in [4.78, 5) is 54.6. The van der Waals surface area contributed by atoms with Gasteiger partial charge in [0, 0.05) is 11.0 Å². The van der Waals surface area contributed by atoms with E-state index in [0.29, 0.717) is 90.4 Å². The van der Waals surface area contributed by atoms with Gasteiger partial charge in [-0.05, 0) is 123 Å². The summed E-state index contributed by atoms with van der Waals surface area (Å²) < 4.78 is 0. The summed E-state index contributed by atoms with van der Waals surface area (Å²) in [5.41, 5.74) is 22.0. The van der Waals surface area contributed by atoms with E-state index in [0.717, 1.165) is 25.7 Å². The topological polar surface area (TPSA) is 220 Å². The van der Waals surface area contributed by atoms with E-state index in [4.69, 9.17) is 22.9 Å². The van der Waals surface area contributed by atoms with Crippen LogP contribution in [0.2, 0.25) is 0 Å². The number of nitrogens with two attached hydrogens (primary N) is 4. The second kappa shape index (κ2) is 24.1. The molecule has 12 nitrogen and oxygen atoms in total. The van der Waals surface area contributed by atoms with E-state index in [1.165, 1.54) is 0 Å². The van der Waals surface area contributed by atoms with Crippen LogP contribution >= 0.6 is 0 Å². The number of rotatable bonds is 28. The zero-order chi connectivity index (χ0) is 35.2. The van der Waals surface area contributed by atoms with E-state index in [9.17, 15) is 19.2 Å². The third-order valence-corrected chi connectivity index (χ3v) is 9.00. The van der Waals surface area contributed by atoms with Gasteiger partial charge >= 0.3 is 0 Å². The second-order valence-corrected chi connectivity index (χ2v) is 13.9. The number of ketones is 1. The monoisotopic (exact) mass is 655 g/mol. The third-order valence-electron chi connectivity index (χ3n) is 9.00. The highest BCUT2D eigenvalue weighted by Gasteiger charge is 2.35. The molecule has 0 aromatic carbocycles. The molecule has 270 valence electrons. The van der Waals surface area contributed by atoms with Crippen molar-refractivity contribution in [2.75, 3.05) is 26.2 Å². The normalized spacial score (nSPS) is 14.7. The molecule has 0 aliphatic carbocycles. The van der Waals surface area contributed by atoms with Gasteiger partial charge in [0.05, 0.1) is 12.1 Å². The van der Waals surface area contributed by atoms with Crippen LogP contribution in [0.3, 0.4) is 0 Å². The zero-order valence-electron chi connectivity index (χ0n) is 30.0. The van der Waals surface area contributed by atoms with Crippen molar-refractivity contribution in [3.8, 4) is 0 Å². The first-order valence-corrected chi connectivity index (χ1v) is 17.8. The number of hydrogen-bond acceptors (Lipinski definition) is 9. The molecule has 0 bridgehead atoms. The Morgan fingerprint density at radius 2 is 0.826 bits per heavy atom. The predicted molar refractivity (Wildman–Crippen MR) is 188 cm³/mol. The highest BCUT2D eigenvalue weighted by Crippen LogP contribution is 2.24. The molecule has 0 saturated heterocycles. The van der Waals surface area contributed by atoms with Gasteiger partial charge in [0.25, 0.3) is 0 Å². The van der Waals surface area contributed by atoms with Crippen LogP contribution in [0.4, 0.5) is 0 Å². The number of hydrogen-bond donors (Lipinski definition) is 8. The summed E-state index contributed by atoms with van der Waals surface area (Å²) >= 11 is 0. The molecule has 0 heterocycles. The molecule has 0 aliphatic rings. The summed E-state index contributed by atoms with van der Waals surface area (Å²) in [7, 11) is 0. The van der Waals surface area contributed by atoms with Gasteiger partial charge in [0.15, 0.2) is 5.78 Å². The van der Waals surface area contributed by atoms with Crippen LogP contribution in [0.25, 0.3) is 0 Å². The molecular formula is C34H70N8O4. The van der Waals surface area contributed by atoms with Gasteiger partial charge < -0.3 is 44.2 Å². The maximum Gasteiger partial charge on any atom is 0.243 e. The van der Waals surface area contributed by atoms with Crippen LogP contribution in [-0.4, -0.2) is 79.4 Å². The van der Waals surface area contributed by atoms with Gasteiger partial charge in [-0.25, -0.2) is 0 Å². The number of carbonyl (C=O) groups is 4. The van der Waals surface area contributed by atoms with Crippen LogP contribution in [0.15, 0.2) is 0 Å². The van der Waals surface area contributed by atoms with Gasteiger partial charge in [0.2, 0.25) is 17.7 Å². The number of Topliss-reactive ketones (excluding diaryl/α,β-unsaturated/α-hetero) is 1. The molecule has 0 rings (SSSR count). The molecule has 0 radical (unpaired) electrons. The predicted octanol–water partition coefficient (Wildman–Crippen LogP) is 2.11. The van der Waals surface area contributed by atoms with Gasteiger partial charge in [-0.2, -0.15) is 0 Å². The first-order chi connectivity index (χ1) is 21.7. The van der Waals surface area contributed by atoms with Crippen molar-refractivity contribution in [1.29, 1.82) is 0 Å². The van der Waals surface area contributed by atoms with Crippen LogP contribution in [0, 0.1) is 5.41 Å². The number of unbranched alkanes of at least 4 members (excludes halogenated alkanes) is 4. The maximum atomic E-state index is 13.8. The molecule has 0 aromatic rings. The van der Waals surface area contributed by atoms with Crippen molar-refractivity contribution in [3.63, 3.8) is 0 Å². The van der Waals surface area contributed by atoms with Crippen LogP contribution in [0.1, 0.15) is 131 Å². The average Bonchev–Trinajstić information content (AvgIpc) is 3.02. The fourth-order valence-corrected chi connectivity index (χ4v) is 5.08. The highest BCUT2D eigenvalue weighted by molar-refractivity contribution is 5.96. The summed E-state index contributed by atoms with van der Waals surface area (Å²) in [6.45, 7) is 13.8. The van der Waals surface area contributed by atoms with Crippen molar-refractivity contribution in [2.45, 2.75) is 161 Å². The van der Waals surface area contributed by atoms with Gasteiger partial charge in [-0.3, -0.25) is 19.2 Å². The minimum absolute atomic E-state index is 0.0393. The number of nitrogens with one attached hydrogen (secondary N) is 4. The Bertz CT molecular complexity index is 883. The molecule has 0 aliphatic heterocycles. The second-order valence-electron chi connectivity index (χ2n) is 13.9. The summed E-state index contributed by atoms with van der Waals surface area (Å²) in [5, 5.41) is 12.3. The molecule has 0 aromatic heterocycles. The lowest BCUT2D eigenvalue weighted by Gasteiger charge is -2.32. The van der Waals surface area contributed by atoms with Gasteiger partial charge in [0.1, 0.15) is 12.1 Å². The van der Waals surface area contributed by atoms with Gasteiger partial charge in [-0.15, -0.1) is 0 Å². The molecular weight excluding hydrogens is 584 g/mol. The molecule has 3 amide bonds. The largest absolute Gasteiger partial charge is 0.344 e. The maximum absolute atomic E-state index is 13.8. The Hall–Kier alpha value is -2.12. The van der Waals surface area contributed by atoms with Crippen molar-refractivity contribution in [1.82, 2.24) is 21.3 Å². The van der Waals surface area contributed by atoms with E-state index >= 15 is 0 Å². The minimum Gasteiger partial charge on any atom is -0.344 e. The summed E-state index contributed by atoms with van der Waals surface area (Å²) in [6.07, 6.45) is 8.87. The molecule has 46 heavy (non-hydrogen) atoms. The lowest BCUT2D eigenvalue weighted by molar-refractivity contribution is -0.136. The highest BCUT2D eigenvalue weighted by atomic mass is 16.2. The van der Waals surface area contributed by atoms with E-state index in [1.807, 2.05) is 34.6 Å². The lowest BCUT2D eigenvalue weighted by Crippen LogP contribution is -2.59. The van der Waals surface area contributed by atoms with E-state index in [2.05, 4.69) is 28.2 Å². The van der Waals surface area contributed by atoms with Crippen LogP contribution < -0.4 is 44.2 Å². The Morgan fingerprint density at radius 3 is 1.17 bits per heavy atom. The molecule has 0 saturated carbocycles.